The van der Waals surface area contributed by atoms with Crippen LogP contribution in [-0.2, 0) is 6.42 Å². The quantitative estimate of drug-likeness (QED) is 0.586. The number of halogens is 1. The first-order valence-corrected chi connectivity index (χ1v) is 9.69. The first-order valence-electron chi connectivity index (χ1n) is 9.31. The summed E-state index contributed by atoms with van der Waals surface area (Å²) in [7, 11) is 0. The molecule has 5 nitrogen and oxygen atoms in total. The molecule has 1 atom stereocenters. The number of fused-ring (bicyclic) bond motifs is 3. The van der Waals surface area contributed by atoms with Crippen molar-refractivity contribution in [2.45, 2.75) is 26.3 Å². The van der Waals surface area contributed by atoms with Crippen molar-refractivity contribution in [1.82, 2.24) is 4.57 Å². The van der Waals surface area contributed by atoms with Gasteiger partial charge in [0.15, 0.2) is 6.04 Å². The summed E-state index contributed by atoms with van der Waals surface area (Å²) in [6.07, 6.45) is 2.41. The zero-order valence-electron chi connectivity index (χ0n) is 16.0. The van der Waals surface area contributed by atoms with E-state index < -0.39 is 6.04 Å². The van der Waals surface area contributed by atoms with E-state index in [1.807, 2.05) is 13.0 Å². The number of rotatable bonds is 2. The fourth-order valence-corrected chi connectivity index (χ4v) is 4.09. The molecule has 3 aromatic rings. The predicted octanol–water partition coefficient (Wildman–Crippen LogP) is 5.26. The Balaban J connectivity index is 2.04. The van der Waals surface area contributed by atoms with Gasteiger partial charge in [0.25, 0.3) is 5.91 Å². The number of aryl methyl sites for hydroxylation is 1. The molecule has 1 aliphatic heterocycles. The number of anilines is 1. The molecule has 144 valence electrons. The molecule has 6 heteroatoms. The highest BCUT2D eigenvalue weighted by Gasteiger charge is 2.39. The normalized spacial score (nSPS) is 14.7. The lowest BCUT2D eigenvalue weighted by atomic mass is 9.90. The molecule has 0 N–H and O–H groups in total. The molecule has 0 radical (unpaired) electrons. The largest absolute Gasteiger partial charge is 0.287 e. The summed E-state index contributed by atoms with van der Waals surface area (Å²) in [4.78, 5) is 27.3. The van der Waals surface area contributed by atoms with Gasteiger partial charge in [-0.15, -0.1) is 0 Å². The Morgan fingerprint density at radius 2 is 1.90 bits per heavy atom. The predicted molar refractivity (Wildman–Crippen MR) is 112 cm³/mol. The van der Waals surface area contributed by atoms with Crippen molar-refractivity contribution in [3.8, 4) is 17.3 Å². The van der Waals surface area contributed by atoms with Crippen molar-refractivity contribution in [2.24, 2.45) is 0 Å². The Morgan fingerprint density at radius 3 is 2.52 bits per heavy atom. The summed E-state index contributed by atoms with van der Waals surface area (Å²) in [5.74, 6) is -0.440. The smallest absolute Gasteiger partial charge is 0.259 e. The molecule has 2 heterocycles. The van der Waals surface area contributed by atoms with Gasteiger partial charge in [0, 0.05) is 34.8 Å². The van der Waals surface area contributed by atoms with E-state index in [-0.39, 0.29) is 11.8 Å². The van der Waals surface area contributed by atoms with Gasteiger partial charge in [-0.2, -0.15) is 5.26 Å². The van der Waals surface area contributed by atoms with Crippen LogP contribution in [0.5, 0.6) is 0 Å². The molecular weight excluding hydrogens is 386 g/mol. The summed E-state index contributed by atoms with van der Waals surface area (Å²) in [6, 6.07) is 15.5. The van der Waals surface area contributed by atoms with E-state index in [4.69, 9.17) is 11.6 Å². The standard InChI is InChI=1S/C23H18ClN3O2/c1-3-15-13-26(14(2)28)22-18-10-9-17(24)11-19(18)27(20(12-25)21(15)22)23(29)16-7-5-4-6-8-16/h4-11,13,20H,3H2,1-2H3. The third-order valence-electron chi connectivity index (χ3n) is 5.21. The molecule has 0 saturated carbocycles. The maximum atomic E-state index is 13.5. The van der Waals surface area contributed by atoms with Gasteiger partial charge in [-0.25, -0.2) is 0 Å². The van der Waals surface area contributed by atoms with E-state index in [2.05, 4.69) is 6.07 Å². The minimum atomic E-state index is -0.862. The number of amides is 1. The van der Waals surface area contributed by atoms with Crippen molar-refractivity contribution in [2.75, 3.05) is 4.90 Å². The molecule has 0 saturated heterocycles. The lowest BCUT2D eigenvalue weighted by Gasteiger charge is -2.35. The first kappa shape index (κ1) is 19.0. The second-order valence-corrected chi connectivity index (χ2v) is 7.33. The van der Waals surface area contributed by atoms with Crippen LogP contribution in [0.15, 0.2) is 54.7 Å². The number of benzene rings is 2. The van der Waals surface area contributed by atoms with Gasteiger partial charge in [0.2, 0.25) is 5.91 Å². The second kappa shape index (κ2) is 7.23. The molecule has 0 spiro atoms. The summed E-state index contributed by atoms with van der Waals surface area (Å²) in [5.41, 5.74) is 3.93. The zero-order chi connectivity index (χ0) is 20.7. The molecule has 0 aliphatic carbocycles. The van der Waals surface area contributed by atoms with Crippen molar-refractivity contribution in [1.29, 1.82) is 5.26 Å². The first-order chi connectivity index (χ1) is 14.0. The van der Waals surface area contributed by atoms with Gasteiger partial charge in [-0.05, 0) is 42.3 Å². The molecule has 1 aliphatic rings. The van der Waals surface area contributed by atoms with Gasteiger partial charge >= 0.3 is 0 Å². The minimum absolute atomic E-state index is 0.152. The molecule has 0 fully saturated rings. The van der Waals surface area contributed by atoms with Crippen molar-refractivity contribution in [3.63, 3.8) is 0 Å². The fourth-order valence-electron chi connectivity index (χ4n) is 3.92. The van der Waals surface area contributed by atoms with E-state index in [9.17, 15) is 14.9 Å². The van der Waals surface area contributed by atoms with Gasteiger partial charge in [0.05, 0.1) is 17.5 Å². The fraction of sp³-hybridized carbons (Fsp3) is 0.174. The van der Waals surface area contributed by atoms with Crippen molar-refractivity contribution in [3.05, 3.63) is 76.4 Å². The Morgan fingerprint density at radius 1 is 1.17 bits per heavy atom. The second-order valence-electron chi connectivity index (χ2n) is 6.89. The Bertz CT molecular complexity index is 1170. The topological polar surface area (TPSA) is 66.1 Å². The number of aromatic nitrogens is 1. The Hall–Kier alpha value is -3.36. The summed E-state index contributed by atoms with van der Waals surface area (Å²) < 4.78 is 1.57. The average Bonchev–Trinajstić information content (AvgIpc) is 3.12. The number of carbonyl (C=O) groups excluding carboxylic acids is 2. The van der Waals surface area contributed by atoms with Crippen LogP contribution in [0.25, 0.3) is 11.3 Å². The summed E-state index contributed by atoms with van der Waals surface area (Å²) in [5, 5.41) is 10.5. The molecule has 1 unspecified atom stereocenters. The highest BCUT2D eigenvalue weighted by atomic mass is 35.5. The Labute approximate surface area is 173 Å². The maximum absolute atomic E-state index is 13.5. The number of hydrogen-bond donors (Lipinski definition) is 0. The number of hydrogen-bond acceptors (Lipinski definition) is 3. The van der Waals surface area contributed by atoms with Crippen LogP contribution in [0, 0.1) is 11.3 Å². The van der Waals surface area contributed by atoms with E-state index in [0.29, 0.717) is 39.5 Å². The number of carbonyl (C=O) groups is 2. The van der Waals surface area contributed by atoms with Crippen LogP contribution >= 0.6 is 11.6 Å². The van der Waals surface area contributed by atoms with Crippen LogP contribution in [-0.4, -0.2) is 16.4 Å². The van der Waals surface area contributed by atoms with Crippen LogP contribution in [0.2, 0.25) is 5.02 Å². The lowest BCUT2D eigenvalue weighted by Crippen LogP contribution is -2.37. The van der Waals surface area contributed by atoms with Gasteiger partial charge in [-0.3, -0.25) is 19.1 Å². The van der Waals surface area contributed by atoms with Crippen LogP contribution in [0.3, 0.4) is 0 Å². The van der Waals surface area contributed by atoms with Gasteiger partial charge < -0.3 is 0 Å². The molecular formula is C23H18ClN3O2. The van der Waals surface area contributed by atoms with Crippen LogP contribution in [0.1, 0.15) is 46.2 Å². The SMILES string of the molecule is CCc1cn(C(C)=O)c2c1C(C#N)N(C(=O)c1ccccc1)c1cc(Cl)ccc1-2. The summed E-state index contributed by atoms with van der Waals surface area (Å²) in [6.45, 7) is 3.45. The molecule has 1 aromatic heterocycles. The maximum Gasteiger partial charge on any atom is 0.259 e. The van der Waals surface area contributed by atoms with E-state index >= 15 is 0 Å². The Kier molecular flexibility index (Phi) is 4.73. The van der Waals surface area contributed by atoms with Crippen molar-refractivity contribution >= 4 is 29.1 Å². The summed E-state index contributed by atoms with van der Waals surface area (Å²) >= 11 is 6.25. The lowest BCUT2D eigenvalue weighted by molar-refractivity contribution is 0.0938. The highest BCUT2D eigenvalue weighted by Crippen LogP contribution is 2.48. The van der Waals surface area contributed by atoms with Gasteiger partial charge in [0.1, 0.15) is 0 Å². The molecule has 1 amide bonds. The monoisotopic (exact) mass is 403 g/mol. The average molecular weight is 404 g/mol. The van der Waals surface area contributed by atoms with E-state index in [1.54, 1.807) is 53.2 Å². The third-order valence-corrected chi connectivity index (χ3v) is 5.45. The molecule has 2 aromatic carbocycles. The van der Waals surface area contributed by atoms with E-state index in [1.165, 1.54) is 11.8 Å². The van der Waals surface area contributed by atoms with Crippen LogP contribution < -0.4 is 4.90 Å². The van der Waals surface area contributed by atoms with Gasteiger partial charge in [-0.1, -0.05) is 36.7 Å². The minimum Gasteiger partial charge on any atom is -0.287 e. The van der Waals surface area contributed by atoms with Crippen molar-refractivity contribution < 1.29 is 9.59 Å². The molecule has 29 heavy (non-hydrogen) atoms. The molecule has 4 rings (SSSR count). The number of nitrogens with zero attached hydrogens (tertiary/aromatic N) is 3. The van der Waals surface area contributed by atoms with E-state index in [0.717, 1.165) is 5.56 Å². The zero-order valence-corrected chi connectivity index (χ0v) is 16.8. The third kappa shape index (κ3) is 2.93. The number of nitriles is 1. The molecule has 0 bridgehead atoms. The highest BCUT2D eigenvalue weighted by molar-refractivity contribution is 6.31. The van der Waals surface area contributed by atoms with Crippen LogP contribution in [0.4, 0.5) is 5.69 Å².